The molecule has 7 nitrogen and oxygen atoms in total. The molecule has 0 radical (unpaired) electrons. The smallest absolute Gasteiger partial charge is 0.329 e. The van der Waals surface area contributed by atoms with E-state index in [0.717, 1.165) is 0 Å². The lowest BCUT2D eigenvalue weighted by molar-refractivity contribution is -0.144. The van der Waals surface area contributed by atoms with Gasteiger partial charge in [0.1, 0.15) is 6.04 Å². The van der Waals surface area contributed by atoms with Crippen molar-refractivity contribution in [3.05, 3.63) is 0 Å². The van der Waals surface area contributed by atoms with Gasteiger partial charge in [0, 0.05) is 20.0 Å². The van der Waals surface area contributed by atoms with Crippen LogP contribution in [0, 0.1) is 0 Å². The van der Waals surface area contributed by atoms with Gasteiger partial charge in [0.25, 0.3) is 0 Å². The van der Waals surface area contributed by atoms with Crippen molar-refractivity contribution >= 4 is 17.8 Å². The first-order chi connectivity index (χ1) is 8.42. The van der Waals surface area contributed by atoms with Crippen LogP contribution in [0.3, 0.4) is 0 Å². The number of carbonyl (C=O) groups is 3. The van der Waals surface area contributed by atoms with Crippen LogP contribution in [-0.2, 0) is 19.1 Å². The number of hydrogen-bond acceptors (Lipinski definition) is 5. The van der Waals surface area contributed by atoms with Crippen LogP contribution in [-0.4, -0.2) is 50.1 Å². The molecule has 2 atom stereocenters. The second-order valence-electron chi connectivity index (χ2n) is 3.80. The van der Waals surface area contributed by atoms with Gasteiger partial charge >= 0.3 is 5.97 Å². The quantitative estimate of drug-likeness (QED) is 0.498. The molecule has 2 unspecified atom stereocenters. The molecule has 104 valence electrons. The third-order valence-corrected chi connectivity index (χ3v) is 2.24. The minimum atomic E-state index is -0.802. The summed E-state index contributed by atoms with van der Waals surface area (Å²) in [6.45, 7) is 5.47. The van der Waals surface area contributed by atoms with Crippen molar-refractivity contribution in [2.75, 3.05) is 20.2 Å². The highest BCUT2D eigenvalue weighted by Crippen LogP contribution is 1.90. The molecule has 0 aliphatic heterocycles. The van der Waals surface area contributed by atoms with Crippen LogP contribution in [0.15, 0.2) is 0 Å². The van der Waals surface area contributed by atoms with Crippen LogP contribution in [0.25, 0.3) is 0 Å². The number of nitrogens with one attached hydrogen (secondary N) is 3. The monoisotopic (exact) mass is 259 g/mol. The first-order valence-electron chi connectivity index (χ1n) is 5.78. The van der Waals surface area contributed by atoms with E-state index in [1.54, 1.807) is 6.92 Å². The Bertz CT molecular complexity index is 307. The van der Waals surface area contributed by atoms with Gasteiger partial charge in [0.05, 0.1) is 13.2 Å². The third-order valence-electron chi connectivity index (χ3n) is 2.24. The topological polar surface area (TPSA) is 96.5 Å². The Morgan fingerprint density at radius 3 is 2.33 bits per heavy atom. The second-order valence-corrected chi connectivity index (χ2v) is 3.80. The fourth-order valence-corrected chi connectivity index (χ4v) is 1.30. The molecule has 0 rings (SSSR count). The van der Waals surface area contributed by atoms with E-state index in [9.17, 15) is 14.4 Å². The van der Waals surface area contributed by atoms with Gasteiger partial charge in [-0.15, -0.1) is 0 Å². The minimum Gasteiger partial charge on any atom is -0.467 e. The molecule has 0 saturated carbocycles. The maximum Gasteiger partial charge on any atom is 0.329 e. The SMILES string of the molecule is CCNC(=O)C(C)NCC(NC(C)=O)C(=O)OC. The molecule has 0 fully saturated rings. The Morgan fingerprint density at radius 1 is 1.28 bits per heavy atom. The van der Waals surface area contributed by atoms with E-state index >= 15 is 0 Å². The van der Waals surface area contributed by atoms with Gasteiger partial charge < -0.3 is 20.7 Å². The van der Waals surface area contributed by atoms with Gasteiger partial charge in [-0.1, -0.05) is 0 Å². The molecule has 0 aromatic rings. The van der Waals surface area contributed by atoms with Crippen LogP contribution in [0.1, 0.15) is 20.8 Å². The molecule has 3 N–H and O–H groups in total. The lowest BCUT2D eigenvalue weighted by Crippen LogP contribution is -2.51. The van der Waals surface area contributed by atoms with Gasteiger partial charge in [-0.25, -0.2) is 4.79 Å². The van der Waals surface area contributed by atoms with Crippen LogP contribution in [0.4, 0.5) is 0 Å². The summed E-state index contributed by atoms with van der Waals surface area (Å²) in [6.07, 6.45) is 0. The van der Waals surface area contributed by atoms with Crippen molar-refractivity contribution in [1.29, 1.82) is 0 Å². The highest BCUT2D eigenvalue weighted by atomic mass is 16.5. The number of likely N-dealkylation sites (N-methyl/N-ethyl adjacent to an activating group) is 1. The predicted octanol–water partition coefficient (Wildman–Crippen LogP) is -1.22. The van der Waals surface area contributed by atoms with E-state index in [2.05, 4.69) is 20.7 Å². The molecule has 18 heavy (non-hydrogen) atoms. The molecule has 0 saturated heterocycles. The van der Waals surface area contributed by atoms with Crippen molar-refractivity contribution in [3.8, 4) is 0 Å². The highest BCUT2D eigenvalue weighted by Gasteiger charge is 2.21. The van der Waals surface area contributed by atoms with Crippen LogP contribution >= 0.6 is 0 Å². The number of ether oxygens (including phenoxy) is 1. The van der Waals surface area contributed by atoms with E-state index in [4.69, 9.17) is 0 Å². The molecule has 0 spiro atoms. The van der Waals surface area contributed by atoms with Gasteiger partial charge in [0.15, 0.2) is 0 Å². The van der Waals surface area contributed by atoms with Gasteiger partial charge in [-0.05, 0) is 13.8 Å². The van der Waals surface area contributed by atoms with E-state index in [1.165, 1.54) is 14.0 Å². The lowest BCUT2D eigenvalue weighted by atomic mass is 10.2. The maximum absolute atomic E-state index is 11.4. The summed E-state index contributed by atoms with van der Waals surface area (Å²) in [5, 5.41) is 7.96. The summed E-state index contributed by atoms with van der Waals surface area (Å²) in [6, 6.07) is -1.25. The molecule has 2 amide bonds. The molecule has 0 aromatic carbocycles. The van der Waals surface area contributed by atoms with Crippen molar-refractivity contribution in [1.82, 2.24) is 16.0 Å². The average molecular weight is 259 g/mol. The van der Waals surface area contributed by atoms with Crippen molar-refractivity contribution < 1.29 is 19.1 Å². The first kappa shape index (κ1) is 16.4. The summed E-state index contributed by atoms with van der Waals surface area (Å²) in [4.78, 5) is 33.7. The summed E-state index contributed by atoms with van der Waals surface area (Å²) >= 11 is 0. The number of methoxy groups -OCH3 is 1. The van der Waals surface area contributed by atoms with Crippen molar-refractivity contribution in [2.45, 2.75) is 32.9 Å². The third kappa shape index (κ3) is 6.19. The Balaban J connectivity index is 4.29. The largest absolute Gasteiger partial charge is 0.467 e. The predicted molar refractivity (Wildman–Crippen MR) is 65.8 cm³/mol. The molecule has 0 bridgehead atoms. The fourth-order valence-electron chi connectivity index (χ4n) is 1.30. The first-order valence-corrected chi connectivity index (χ1v) is 5.78. The summed E-state index contributed by atoms with van der Waals surface area (Å²) in [5.74, 6) is -1.05. The maximum atomic E-state index is 11.4. The normalized spacial score (nSPS) is 13.3. The molecule has 0 aliphatic carbocycles. The van der Waals surface area contributed by atoms with Gasteiger partial charge in [0.2, 0.25) is 11.8 Å². The Hall–Kier alpha value is -1.63. The van der Waals surface area contributed by atoms with E-state index in [1.807, 2.05) is 6.92 Å². The molecular weight excluding hydrogens is 238 g/mol. The fraction of sp³-hybridized carbons (Fsp3) is 0.727. The zero-order valence-corrected chi connectivity index (χ0v) is 11.2. The number of carbonyl (C=O) groups excluding carboxylic acids is 3. The zero-order chi connectivity index (χ0) is 14.1. The molecule has 0 aliphatic rings. The van der Waals surface area contributed by atoms with Gasteiger partial charge in [-0.3, -0.25) is 9.59 Å². The second kappa shape index (κ2) is 8.46. The minimum absolute atomic E-state index is 0.130. The number of hydrogen-bond donors (Lipinski definition) is 3. The van der Waals surface area contributed by atoms with Crippen LogP contribution < -0.4 is 16.0 Å². The standard InChI is InChI=1S/C11H21N3O4/c1-5-12-10(16)7(2)13-6-9(11(17)18-4)14-8(3)15/h7,9,13H,5-6H2,1-4H3,(H,12,16)(H,14,15). The molecule has 0 heterocycles. The number of amides is 2. The average Bonchev–Trinajstić information content (AvgIpc) is 2.32. The van der Waals surface area contributed by atoms with Crippen molar-refractivity contribution in [2.24, 2.45) is 0 Å². The lowest BCUT2D eigenvalue weighted by Gasteiger charge is -2.19. The van der Waals surface area contributed by atoms with Crippen LogP contribution in [0.5, 0.6) is 0 Å². The van der Waals surface area contributed by atoms with Crippen LogP contribution in [0.2, 0.25) is 0 Å². The Labute approximate surface area is 107 Å². The summed E-state index contributed by atoms with van der Waals surface area (Å²) in [7, 11) is 1.24. The van der Waals surface area contributed by atoms with Crippen molar-refractivity contribution in [3.63, 3.8) is 0 Å². The number of rotatable bonds is 7. The van der Waals surface area contributed by atoms with E-state index in [0.29, 0.717) is 6.54 Å². The van der Waals surface area contributed by atoms with E-state index < -0.39 is 18.1 Å². The highest BCUT2D eigenvalue weighted by molar-refractivity contribution is 5.84. The van der Waals surface area contributed by atoms with Gasteiger partial charge in [-0.2, -0.15) is 0 Å². The molecule has 0 aromatic heterocycles. The zero-order valence-electron chi connectivity index (χ0n) is 11.2. The van der Waals surface area contributed by atoms with E-state index in [-0.39, 0.29) is 18.4 Å². The Kier molecular flexibility index (Phi) is 7.69. The number of esters is 1. The summed E-state index contributed by atoms with van der Waals surface area (Å²) < 4.78 is 4.56. The Morgan fingerprint density at radius 2 is 1.89 bits per heavy atom. The molecule has 7 heteroatoms. The summed E-state index contributed by atoms with van der Waals surface area (Å²) in [5.41, 5.74) is 0. The molecular formula is C11H21N3O4.